The maximum absolute atomic E-state index is 12.2. The second-order valence-corrected chi connectivity index (χ2v) is 8.30. The third-order valence-corrected chi connectivity index (χ3v) is 6.60. The average molecular weight is 386 g/mol. The second-order valence-electron chi connectivity index (χ2n) is 6.04. The van der Waals surface area contributed by atoms with Gasteiger partial charge >= 0.3 is 0 Å². The van der Waals surface area contributed by atoms with Gasteiger partial charge in [0.05, 0.1) is 16.0 Å². The van der Waals surface area contributed by atoms with Crippen molar-refractivity contribution < 1.29 is 4.79 Å². The van der Waals surface area contributed by atoms with E-state index in [0.717, 1.165) is 14.6 Å². The van der Waals surface area contributed by atoms with E-state index in [4.69, 9.17) is 5.73 Å². The van der Waals surface area contributed by atoms with Crippen molar-refractivity contribution in [2.24, 2.45) is 11.7 Å². The minimum absolute atomic E-state index is 0. The summed E-state index contributed by atoms with van der Waals surface area (Å²) in [4.78, 5) is 16.8. The largest absolute Gasteiger partial charge is 0.351 e. The van der Waals surface area contributed by atoms with Gasteiger partial charge in [0.1, 0.15) is 0 Å². The predicted molar refractivity (Wildman–Crippen MR) is 105 cm³/mol. The Morgan fingerprint density at radius 3 is 2.79 bits per heavy atom. The summed E-state index contributed by atoms with van der Waals surface area (Å²) in [5, 5.41) is 3.13. The number of para-hydroxylation sites is 1. The first-order valence-electron chi connectivity index (χ1n) is 8.24. The molecule has 3 rings (SSSR count). The first kappa shape index (κ1) is 19.5. The molecular formula is C17H24ClN3OS2. The maximum Gasteiger partial charge on any atom is 0.230 e. The zero-order chi connectivity index (χ0) is 16.1. The van der Waals surface area contributed by atoms with Crippen LogP contribution >= 0.6 is 35.5 Å². The summed E-state index contributed by atoms with van der Waals surface area (Å²) in [5.41, 5.74) is 6.88. The van der Waals surface area contributed by atoms with Crippen LogP contribution in [-0.2, 0) is 4.79 Å². The van der Waals surface area contributed by atoms with Crippen LogP contribution in [0.1, 0.15) is 32.1 Å². The van der Waals surface area contributed by atoms with Gasteiger partial charge in [-0.3, -0.25) is 4.79 Å². The average Bonchev–Trinajstić information content (AvgIpc) is 3.01. The molecule has 2 aromatic rings. The number of fused-ring (bicyclic) bond motifs is 1. The number of hydrogen-bond acceptors (Lipinski definition) is 5. The minimum atomic E-state index is 0. The van der Waals surface area contributed by atoms with E-state index in [0.29, 0.717) is 18.2 Å². The summed E-state index contributed by atoms with van der Waals surface area (Å²) in [7, 11) is 0. The van der Waals surface area contributed by atoms with Gasteiger partial charge in [-0.05, 0) is 30.9 Å². The Bertz CT molecular complexity index is 625. The van der Waals surface area contributed by atoms with E-state index in [1.807, 2.05) is 18.2 Å². The van der Waals surface area contributed by atoms with Crippen molar-refractivity contribution in [3.05, 3.63) is 24.3 Å². The SMILES string of the molecule is Cl.NCC(NC(=O)CSc1nc2ccccc2s1)C1CCCCC1. The molecule has 0 aliphatic heterocycles. The standard InChI is InChI=1S/C17H23N3OS2.ClH/c18-10-14(12-6-2-1-3-7-12)19-16(21)11-22-17-20-13-8-4-5-9-15(13)23-17;/h4-5,8-9,12,14H,1-3,6-7,10-11,18H2,(H,19,21);1H. The number of carbonyl (C=O) groups excluding carboxylic acids is 1. The van der Waals surface area contributed by atoms with Gasteiger partial charge in [-0.15, -0.1) is 23.7 Å². The normalized spacial score (nSPS) is 16.5. The van der Waals surface area contributed by atoms with Crippen LogP contribution in [0.2, 0.25) is 0 Å². The lowest BCUT2D eigenvalue weighted by Gasteiger charge is -2.30. The lowest BCUT2D eigenvalue weighted by atomic mass is 9.84. The van der Waals surface area contributed by atoms with Crippen LogP contribution in [0.15, 0.2) is 28.6 Å². The molecule has 1 aliphatic rings. The predicted octanol–water partition coefficient (Wildman–Crippen LogP) is 3.83. The zero-order valence-corrected chi connectivity index (χ0v) is 16.0. The van der Waals surface area contributed by atoms with Crippen molar-refractivity contribution >= 4 is 51.6 Å². The highest BCUT2D eigenvalue weighted by Gasteiger charge is 2.24. The van der Waals surface area contributed by atoms with Gasteiger partial charge in [0, 0.05) is 12.6 Å². The van der Waals surface area contributed by atoms with Gasteiger partial charge in [0.15, 0.2) is 4.34 Å². The van der Waals surface area contributed by atoms with E-state index in [1.165, 1.54) is 43.9 Å². The Kier molecular flexibility index (Phi) is 7.81. The van der Waals surface area contributed by atoms with Crippen molar-refractivity contribution in [3.8, 4) is 0 Å². The number of carbonyl (C=O) groups is 1. The first-order valence-corrected chi connectivity index (χ1v) is 10.0. The van der Waals surface area contributed by atoms with Crippen molar-refractivity contribution in [1.82, 2.24) is 10.3 Å². The fourth-order valence-corrected chi connectivity index (χ4v) is 5.07. The van der Waals surface area contributed by atoms with Crippen LogP contribution in [0.3, 0.4) is 0 Å². The Balaban J connectivity index is 0.00000208. The fraction of sp³-hybridized carbons (Fsp3) is 0.529. The van der Waals surface area contributed by atoms with Gasteiger partial charge in [-0.1, -0.05) is 43.2 Å². The topological polar surface area (TPSA) is 68.0 Å². The molecule has 132 valence electrons. The Hall–Kier alpha value is -0.820. The molecule has 24 heavy (non-hydrogen) atoms. The molecule has 1 heterocycles. The number of amides is 1. The lowest BCUT2D eigenvalue weighted by molar-refractivity contribution is -0.119. The maximum atomic E-state index is 12.2. The van der Waals surface area contributed by atoms with Crippen molar-refractivity contribution in [2.45, 2.75) is 42.5 Å². The molecule has 1 aromatic heterocycles. The number of benzene rings is 1. The first-order chi connectivity index (χ1) is 11.3. The summed E-state index contributed by atoms with van der Waals surface area (Å²) in [6, 6.07) is 8.18. The highest BCUT2D eigenvalue weighted by atomic mass is 35.5. The summed E-state index contributed by atoms with van der Waals surface area (Å²) >= 11 is 3.15. The molecule has 1 amide bonds. The van der Waals surface area contributed by atoms with E-state index in [-0.39, 0.29) is 24.4 Å². The Morgan fingerprint density at radius 1 is 1.33 bits per heavy atom. The molecule has 4 nitrogen and oxygen atoms in total. The monoisotopic (exact) mass is 385 g/mol. The van der Waals surface area contributed by atoms with E-state index in [1.54, 1.807) is 11.3 Å². The van der Waals surface area contributed by atoms with Gasteiger partial charge < -0.3 is 11.1 Å². The van der Waals surface area contributed by atoms with Crippen molar-refractivity contribution in [2.75, 3.05) is 12.3 Å². The number of aromatic nitrogens is 1. The Labute approximate surface area is 157 Å². The molecule has 1 saturated carbocycles. The van der Waals surface area contributed by atoms with Crippen LogP contribution < -0.4 is 11.1 Å². The van der Waals surface area contributed by atoms with Gasteiger partial charge in [0.2, 0.25) is 5.91 Å². The molecule has 3 N–H and O–H groups in total. The van der Waals surface area contributed by atoms with Crippen LogP contribution in [0.25, 0.3) is 10.2 Å². The number of nitrogens with two attached hydrogens (primary N) is 1. The quantitative estimate of drug-likeness (QED) is 0.741. The number of rotatable bonds is 6. The van der Waals surface area contributed by atoms with E-state index in [2.05, 4.69) is 16.4 Å². The van der Waals surface area contributed by atoms with Crippen LogP contribution in [0.5, 0.6) is 0 Å². The molecule has 0 radical (unpaired) electrons. The number of nitrogens with one attached hydrogen (secondary N) is 1. The number of nitrogens with zero attached hydrogens (tertiary/aromatic N) is 1. The summed E-state index contributed by atoms with van der Waals surface area (Å²) in [6.07, 6.45) is 6.21. The number of hydrogen-bond donors (Lipinski definition) is 2. The highest BCUT2D eigenvalue weighted by Crippen LogP contribution is 2.29. The molecule has 1 aliphatic carbocycles. The molecule has 0 saturated heterocycles. The lowest BCUT2D eigenvalue weighted by Crippen LogP contribution is -2.46. The second kappa shape index (κ2) is 9.61. The van der Waals surface area contributed by atoms with Gasteiger partial charge in [-0.25, -0.2) is 4.98 Å². The molecule has 1 unspecified atom stereocenters. The van der Waals surface area contributed by atoms with E-state index in [9.17, 15) is 4.79 Å². The molecule has 0 spiro atoms. The molecule has 7 heteroatoms. The van der Waals surface area contributed by atoms with Gasteiger partial charge in [0.25, 0.3) is 0 Å². The highest BCUT2D eigenvalue weighted by molar-refractivity contribution is 8.01. The third-order valence-electron chi connectivity index (χ3n) is 4.42. The van der Waals surface area contributed by atoms with Crippen LogP contribution in [-0.4, -0.2) is 29.2 Å². The molecule has 1 aromatic carbocycles. The number of halogens is 1. The molecule has 1 fully saturated rings. The van der Waals surface area contributed by atoms with Crippen molar-refractivity contribution in [1.29, 1.82) is 0 Å². The van der Waals surface area contributed by atoms with Crippen LogP contribution in [0, 0.1) is 5.92 Å². The number of thioether (sulfide) groups is 1. The minimum Gasteiger partial charge on any atom is -0.351 e. The van der Waals surface area contributed by atoms with Crippen molar-refractivity contribution in [3.63, 3.8) is 0 Å². The summed E-state index contributed by atoms with van der Waals surface area (Å²) in [6.45, 7) is 0.530. The molecule has 1 atom stereocenters. The third kappa shape index (κ3) is 5.09. The smallest absolute Gasteiger partial charge is 0.230 e. The molecular weight excluding hydrogens is 362 g/mol. The molecule has 0 bridgehead atoms. The number of thiazole rings is 1. The summed E-state index contributed by atoms with van der Waals surface area (Å²) in [5.74, 6) is 1.02. The van der Waals surface area contributed by atoms with E-state index >= 15 is 0 Å². The van der Waals surface area contributed by atoms with Gasteiger partial charge in [-0.2, -0.15) is 0 Å². The van der Waals surface area contributed by atoms with Crippen LogP contribution in [0.4, 0.5) is 0 Å². The van der Waals surface area contributed by atoms with E-state index < -0.39 is 0 Å². The Morgan fingerprint density at radius 2 is 2.08 bits per heavy atom. The zero-order valence-electron chi connectivity index (χ0n) is 13.6. The fourth-order valence-electron chi connectivity index (χ4n) is 3.19. The summed E-state index contributed by atoms with van der Waals surface area (Å²) < 4.78 is 2.11.